The molecule has 0 spiro atoms. The molecular formula is C15H16N2O3S. The van der Waals surface area contributed by atoms with Gasteiger partial charge in [-0.25, -0.2) is 0 Å². The van der Waals surface area contributed by atoms with Crippen LogP contribution in [-0.4, -0.2) is 19.5 Å². The van der Waals surface area contributed by atoms with Gasteiger partial charge in [0.05, 0.1) is 4.90 Å². The van der Waals surface area contributed by atoms with Crippen LogP contribution in [0.2, 0.25) is 0 Å². The largest absolute Gasteiger partial charge is 0.290 e. The molecule has 0 aliphatic heterocycles. The number of hydroxylamine groups is 1. The Labute approximate surface area is 124 Å². The molecule has 2 aromatic rings. The molecule has 2 N–H and O–H groups in total. The number of nitrogens with one attached hydrogen (secondary N) is 1. The molecule has 110 valence electrons. The lowest BCUT2D eigenvalue weighted by Crippen LogP contribution is -2.22. The number of aryl methyl sites for hydroxylation is 2. The van der Waals surface area contributed by atoms with E-state index in [4.69, 9.17) is 5.21 Å². The summed E-state index contributed by atoms with van der Waals surface area (Å²) in [6.45, 7) is 3.51. The van der Waals surface area contributed by atoms with E-state index in [1.807, 2.05) is 18.5 Å². The fourth-order valence-electron chi connectivity index (χ4n) is 1.89. The molecule has 0 heterocycles. The molecule has 0 amide bonds. The van der Waals surface area contributed by atoms with Gasteiger partial charge in [-0.2, -0.15) is 8.42 Å². The predicted octanol–water partition coefficient (Wildman–Crippen LogP) is 2.42. The monoisotopic (exact) mass is 304 g/mol. The van der Waals surface area contributed by atoms with Gasteiger partial charge in [0.1, 0.15) is 0 Å². The van der Waals surface area contributed by atoms with Crippen LogP contribution in [0, 0.1) is 13.8 Å². The van der Waals surface area contributed by atoms with Crippen LogP contribution in [0.25, 0.3) is 0 Å². The van der Waals surface area contributed by atoms with Crippen molar-refractivity contribution in [3.8, 4) is 0 Å². The second-order valence-electron chi connectivity index (χ2n) is 4.66. The van der Waals surface area contributed by atoms with E-state index in [0.717, 1.165) is 5.56 Å². The van der Waals surface area contributed by atoms with Crippen LogP contribution < -0.4 is 5.48 Å². The summed E-state index contributed by atoms with van der Waals surface area (Å²) in [5.74, 6) is -0.114. The highest BCUT2D eigenvalue weighted by atomic mass is 32.2. The van der Waals surface area contributed by atoms with Gasteiger partial charge in [-0.3, -0.25) is 10.7 Å². The Balaban J connectivity index is 2.53. The SMILES string of the molecule is Cc1ccc(C)c(S(=O)(=O)/N=C(\NO)c2ccccc2)c1. The van der Waals surface area contributed by atoms with Crippen LogP contribution in [0.5, 0.6) is 0 Å². The van der Waals surface area contributed by atoms with Gasteiger partial charge in [0.25, 0.3) is 10.0 Å². The van der Waals surface area contributed by atoms with Gasteiger partial charge in [0.2, 0.25) is 0 Å². The number of sulfonamides is 1. The first-order chi connectivity index (χ1) is 9.94. The summed E-state index contributed by atoms with van der Waals surface area (Å²) in [5.41, 5.74) is 3.76. The van der Waals surface area contributed by atoms with Gasteiger partial charge >= 0.3 is 0 Å². The Morgan fingerprint density at radius 1 is 1.10 bits per heavy atom. The topological polar surface area (TPSA) is 78.8 Å². The normalized spacial score (nSPS) is 12.2. The maximum Gasteiger partial charge on any atom is 0.284 e. The molecule has 0 bridgehead atoms. The number of hydrogen-bond acceptors (Lipinski definition) is 3. The van der Waals surface area contributed by atoms with Crippen molar-refractivity contribution in [2.45, 2.75) is 18.7 Å². The molecule has 2 aromatic carbocycles. The average molecular weight is 304 g/mol. The van der Waals surface area contributed by atoms with Crippen molar-refractivity contribution in [2.75, 3.05) is 0 Å². The summed E-state index contributed by atoms with van der Waals surface area (Å²) in [7, 11) is -3.91. The highest BCUT2D eigenvalue weighted by molar-refractivity contribution is 7.90. The minimum absolute atomic E-state index is 0.114. The maximum absolute atomic E-state index is 12.4. The van der Waals surface area contributed by atoms with Gasteiger partial charge in [0, 0.05) is 5.56 Å². The molecular weight excluding hydrogens is 288 g/mol. The predicted molar refractivity (Wildman–Crippen MR) is 81.0 cm³/mol. The first-order valence-electron chi connectivity index (χ1n) is 6.32. The fraction of sp³-hybridized carbons (Fsp3) is 0.133. The second-order valence-corrected chi connectivity index (χ2v) is 6.23. The summed E-state index contributed by atoms with van der Waals surface area (Å²) in [6, 6.07) is 13.7. The zero-order valence-electron chi connectivity index (χ0n) is 11.7. The fourth-order valence-corrected chi connectivity index (χ4v) is 3.18. The summed E-state index contributed by atoms with van der Waals surface area (Å²) in [6.07, 6.45) is 0. The molecule has 21 heavy (non-hydrogen) atoms. The Bertz CT molecular complexity index is 769. The lowest BCUT2D eigenvalue weighted by molar-refractivity contribution is 0.235. The molecule has 0 saturated carbocycles. The molecule has 5 nitrogen and oxygen atoms in total. The first kappa shape index (κ1) is 15.2. The molecule has 0 atom stereocenters. The highest BCUT2D eigenvalue weighted by Gasteiger charge is 2.18. The Morgan fingerprint density at radius 2 is 1.76 bits per heavy atom. The van der Waals surface area contributed by atoms with E-state index < -0.39 is 10.0 Å². The van der Waals surface area contributed by atoms with E-state index >= 15 is 0 Å². The van der Waals surface area contributed by atoms with Crippen LogP contribution >= 0.6 is 0 Å². The van der Waals surface area contributed by atoms with E-state index in [-0.39, 0.29) is 10.7 Å². The van der Waals surface area contributed by atoms with E-state index in [0.29, 0.717) is 11.1 Å². The molecule has 0 aliphatic carbocycles. The van der Waals surface area contributed by atoms with Crippen LogP contribution in [-0.2, 0) is 10.0 Å². The van der Waals surface area contributed by atoms with Gasteiger partial charge in [0.15, 0.2) is 5.84 Å². The van der Waals surface area contributed by atoms with E-state index in [2.05, 4.69) is 4.40 Å². The third-order valence-corrected chi connectivity index (χ3v) is 4.40. The van der Waals surface area contributed by atoms with Crippen molar-refractivity contribution in [1.29, 1.82) is 0 Å². The molecule has 0 aromatic heterocycles. The van der Waals surface area contributed by atoms with E-state index in [1.54, 1.807) is 49.4 Å². The van der Waals surface area contributed by atoms with Crippen LogP contribution in [0.1, 0.15) is 16.7 Å². The number of rotatable bonds is 3. The standard InChI is InChI=1S/C15H16N2O3S/c1-11-8-9-12(2)14(10-11)21(19,20)17-15(16-18)13-6-4-3-5-7-13/h3-10,18H,1-2H3,(H,16,17). The quantitative estimate of drug-likeness (QED) is 0.518. The zero-order chi connectivity index (χ0) is 15.5. The van der Waals surface area contributed by atoms with Crippen molar-refractivity contribution in [3.05, 3.63) is 65.2 Å². The number of hydrogen-bond donors (Lipinski definition) is 2. The van der Waals surface area contributed by atoms with E-state index in [9.17, 15) is 8.42 Å². The number of benzene rings is 2. The minimum atomic E-state index is -3.91. The minimum Gasteiger partial charge on any atom is -0.290 e. The van der Waals surface area contributed by atoms with E-state index in [1.165, 1.54) is 0 Å². The maximum atomic E-state index is 12.4. The summed E-state index contributed by atoms with van der Waals surface area (Å²) in [4.78, 5) is 0.131. The lowest BCUT2D eigenvalue weighted by Gasteiger charge is -2.08. The summed E-state index contributed by atoms with van der Waals surface area (Å²) >= 11 is 0. The average Bonchev–Trinajstić information content (AvgIpc) is 2.48. The Morgan fingerprint density at radius 3 is 2.38 bits per heavy atom. The van der Waals surface area contributed by atoms with Crippen molar-refractivity contribution in [1.82, 2.24) is 5.48 Å². The molecule has 0 fully saturated rings. The van der Waals surface area contributed by atoms with Crippen LogP contribution in [0.3, 0.4) is 0 Å². The molecule has 0 radical (unpaired) electrons. The molecule has 0 saturated heterocycles. The smallest absolute Gasteiger partial charge is 0.284 e. The second kappa shape index (κ2) is 6.07. The van der Waals surface area contributed by atoms with Gasteiger partial charge in [-0.1, -0.05) is 42.5 Å². The van der Waals surface area contributed by atoms with Gasteiger partial charge in [-0.15, -0.1) is 4.40 Å². The van der Waals surface area contributed by atoms with Gasteiger partial charge < -0.3 is 0 Å². The van der Waals surface area contributed by atoms with Crippen molar-refractivity contribution < 1.29 is 13.6 Å². The van der Waals surface area contributed by atoms with Crippen LogP contribution in [0.4, 0.5) is 0 Å². The molecule has 6 heteroatoms. The Kier molecular flexibility index (Phi) is 4.40. The highest BCUT2D eigenvalue weighted by Crippen LogP contribution is 2.19. The van der Waals surface area contributed by atoms with Gasteiger partial charge in [-0.05, 0) is 31.0 Å². The Hall–Kier alpha value is -2.18. The zero-order valence-corrected chi connectivity index (χ0v) is 12.6. The lowest BCUT2D eigenvalue weighted by atomic mass is 10.2. The number of amidine groups is 1. The third kappa shape index (κ3) is 3.48. The molecule has 0 unspecified atom stereocenters. The van der Waals surface area contributed by atoms with Crippen molar-refractivity contribution in [2.24, 2.45) is 4.40 Å². The molecule has 0 aliphatic rings. The number of nitrogens with zero attached hydrogens (tertiary/aromatic N) is 1. The first-order valence-corrected chi connectivity index (χ1v) is 7.76. The summed E-state index contributed by atoms with van der Waals surface area (Å²) in [5, 5.41) is 9.17. The van der Waals surface area contributed by atoms with Crippen molar-refractivity contribution >= 4 is 15.9 Å². The molecule has 2 rings (SSSR count). The third-order valence-electron chi connectivity index (χ3n) is 2.99. The van der Waals surface area contributed by atoms with Crippen LogP contribution in [0.15, 0.2) is 57.8 Å². The summed E-state index contributed by atoms with van der Waals surface area (Å²) < 4.78 is 28.5. The van der Waals surface area contributed by atoms with Crippen molar-refractivity contribution in [3.63, 3.8) is 0 Å².